The van der Waals surface area contributed by atoms with Crippen LogP contribution in [0.5, 0.6) is 0 Å². The molecule has 0 aromatic carbocycles. The van der Waals surface area contributed by atoms with Gasteiger partial charge in [0.1, 0.15) is 0 Å². The molecule has 4 nitrogen and oxygen atoms in total. The molecule has 0 aromatic heterocycles. The van der Waals surface area contributed by atoms with Gasteiger partial charge in [-0.3, -0.25) is 4.84 Å². The van der Waals surface area contributed by atoms with E-state index >= 15 is 0 Å². The second-order valence-electron chi connectivity index (χ2n) is 4.50. The van der Waals surface area contributed by atoms with Crippen LogP contribution in [0.3, 0.4) is 0 Å². The van der Waals surface area contributed by atoms with Crippen LogP contribution >= 0.6 is 0 Å². The highest BCUT2D eigenvalue weighted by molar-refractivity contribution is 5.70. The normalized spacial score (nSPS) is 10.4. The van der Waals surface area contributed by atoms with Gasteiger partial charge >= 0.3 is 6.03 Å². The molecule has 0 aliphatic rings. The van der Waals surface area contributed by atoms with E-state index in [9.17, 15) is 4.79 Å². The van der Waals surface area contributed by atoms with Crippen molar-refractivity contribution in [2.75, 3.05) is 6.61 Å². The Hall–Kier alpha value is -0.770. The number of hydrogen-bond donors (Lipinski definition) is 2. The molecule has 0 unspecified atom stereocenters. The van der Waals surface area contributed by atoms with Gasteiger partial charge in [-0.25, -0.2) is 10.3 Å². The highest BCUT2D eigenvalue weighted by Crippen LogP contribution is 2.10. The molecule has 0 atom stereocenters. The van der Waals surface area contributed by atoms with Crippen molar-refractivity contribution in [3.05, 3.63) is 0 Å². The van der Waals surface area contributed by atoms with Gasteiger partial charge in [0, 0.05) is 0 Å². The predicted molar refractivity (Wildman–Crippen MR) is 70.5 cm³/mol. The number of primary amides is 1. The lowest BCUT2D eigenvalue weighted by Crippen LogP contribution is -2.29. The largest absolute Gasteiger partial charge is 0.350 e. The third kappa shape index (κ3) is 15.2. The Balaban J connectivity index is 2.91. The van der Waals surface area contributed by atoms with Crippen LogP contribution in [0.1, 0.15) is 71.1 Å². The summed E-state index contributed by atoms with van der Waals surface area (Å²) >= 11 is 0. The average Bonchev–Trinajstić information content (AvgIpc) is 2.30. The fraction of sp³-hybridized carbons (Fsp3) is 0.923. The highest BCUT2D eigenvalue weighted by Gasteiger charge is 1.94. The monoisotopic (exact) mass is 244 g/mol. The Kier molecular flexibility index (Phi) is 12.7. The maximum Gasteiger partial charge on any atom is 0.336 e. The Morgan fingerprint density at radius 2 is 1.41 bits per heavy atom. The average molecular weight is 244 g/mol. The van der Waals surface area contributed by atoms with Gasteiger partial charge in [-0.2, -0.15) is 0 Å². The van der Waals surface area contributed by atoms with Gasteiger partial charge in [-0.05, 0) is 6.42 Å². The molecule has 17 heavy (non-hydrogen) atoms. The summed E-state index contributed by atoms with van der Waals surface area (Å²) < 4.78 is 0. The van der Waals surface area contributed by atoms with Gasteiger partial charge < -0.3 is 5.73 Å². The van der Waals surface area contributed by atoms with E-state index in [0.717, 1.165) is 12.8 Å². The van der Waals surface area contributed by atoms with Crippen molar-refractivity contribution in [3.8, 4) is 0 Å². The Morgan fingerprint density at radius 1 is 0.941 bits per heavy atom. The van der Waals surface area contributed by atoms with E-state index in [2.05, 4.69) is 12.4 Å². The van der Waals surface area contributed by atoms with Crippen LogP contribution in [0.4, 0.5) is 4.79 Å². The Morgan fingerprint density at radius 3 is 1.88 bits per heavy atom. The minimum Gasteiger partial charge on any atom is -0.350 e. The zero-order valence-corrected chi connectivity index (χ0v) is 11.2. The van der Waals surface area contributed by atoms with Gasteiger partial charge in [-0.1, -0.05) is 64.7 Å². The lowest BCUT2D eigenvalue weighted by Gasteiger charge is -2.03. The molecular weight excluding hydrogens is 216 g/mol. The van der Waals surface area contributed by atoms with Crippen LogP contribution in [0.25, 0.3) is 0 Å². The first-order valence-corrected chi connectivity index (χ1v) is 6.94. The molecule has 0 aromatic rings. The second kappa shape index (κ2) is 13.3. The number of rotatable bonds is 12. The molecule has 0 aliphatic carbocycles. The van der Waals surface area contributed by atoms with Crippen molar-refractivity contribution in [2.24, 2.45) is 5.73 Å². The molecule has 0 aliphatic heterocycles. The summed E-state index contributed by atoms with van der Waals surface area (Å²) in [5.41, 5.74) is 6.96. The van der Waals surface area contributed by atoms with Crippen molar-refractivity contribution in [1.82, 2.24) is 5.48 Å². The summed E-state index contributed by atoms with van der Waals surface area (Å²) in [6.07, 6.45) is 12.9. The number of hydroxylamine groups is 1. The first-order valence-electron chi connectivity index (χ1n) is 6.94. The fourth-order valence-corrected chi connectivity index (χ4v) is 1.78. The number of amides is 2. The summed E-state index contributed by atoms with van der Waals surface area (Å²) in [5.74, 6) is 0. The predicted octanol–water partition coefficient (Wildman–Crippen LogP) is 3.51. The molecule has 2 amide bonds. The van der Waals surface area contributed by atoms with Gasteiger partial charge in [0.15, 0.2) is 0 Å². The number of carbonyl (C=O) groups excluding carboxylic acids is 1. The Labute approximate surface area is 105 Å². The summed E-state index contributed by atoms with van der Waals surface area (Å²) in [7, 11) is 0. The van der Waals surface area contributed by atoms with Crippen molar-refractivity contribution >= 4 is 6.03 Å². The minimum absolute atomic E-state index is 0.555. The maximum atomic E-state index is 10.3. The maximum absolute atomic E-state index is 10.3. The summed E-state index contributed by atoms with van der Waals surface area (Å²) in [6, 6.07) is -0.628. The third-order valence-corrected chi connectivity index (χ3v) is 2.77. The molecule has 0 rings (SSSR count). The van der Waals surface area contributed by atoms with Crippen molar-refractivity contribution in [1.29, 1.82) is 0 Å². The zero-order valence-electron chi connectivity index (χ0n) is 11.2. The number of hydrogen-bond acceptors (Lipinski definition) is 2. The van der Waals surface area contributed by atoms with Gasteiger partial charge in [0.05, 0.1) is 6.61 Å². The highest BCUT2D eigenvalue weighted by atomic mass is 16.7. The van der Waals surface area contributed by atoms with E-state index in [1.54, 1.807) is 0 Å². The zero-order chi connectivity index (χ0) is 12.8. The van der Waals surface area contributed by atoms with Crippen LogP contribution in [0.2, 0.25) is 0 Å². The smallest absolute Gasteiger partial charge is 0.336 e. The number of nitrogens with one attached hydrogen (secondary N) is 1. The topological polar surface area (TPSA) is 64.3 Å². The number of urea groups is 1. The van der Waals surface area contributed by atoms with Crippen LogP contribution in [-0.4, -0.2) is 12.6 Å². The number of carbonyl (C=O) groups is 1. The van der Waals surface area contributed by atoms with Gasteiger partial charge in [-0.15, -0.1) is 0 Å². The van der Waals surface area contributed by atoms with Crippen LogP contribution in [-0.2, 0) is 4.84 Å². The SMILES string of the molecule is CCCCCCCCCCCCONC(N)=O. The lowest BCUT2D eigenvalue weighted by molar-refractivity contribution is 0.0616. The molecule has 0 radical (unpaired) electrons. The molecule has 102 valence electrons. The standard InChI is InChI=1S/C13H28N2O2/c1-2-3-4-5-6-7-8-9-10-11-12-17-15-13(14)16/h2-12H2,1H3,(H3,14,15,16). The molecule has 0 fully saturated rings. The van der Waals surface area contributed by atoms with Crippen LogP contribution in [0, 0.1) is 0 Å². The van der Waals surface area contributed by atoms with E-state index in [-0.39, 0.29) is 0 Å². The molecule has 0 spiro atoms. The Bertz CT molecular complexity index is 175. The van der Waals surface area contributed by atoms with Crippen molar-refractivity contribution in [2.45, 2.75) is 71.1 Å². The summed E-state index contributed by atoms with van der Waals surface area (Å²) in [6.45, 7) is 2.80. The van der Waals surface area contributed by atoms with Crippen LogP contribution < -0.4 is 11.2 Å². The van der Waals surface area contributed by atoms with Gasteiger partial charge in [0.25, 0.3) is 0 Å². The summed E-state index contributed by atoms with van der Waals surface area (Å²) in [5, 5.41) is 0. The molecule has 0 heterocycles. The molecule has 0 saturated carbocycles. The summed E-state index contributed by atoms with van der Waals surface area (Å²) in [4.78, 5) is 15.1. The van der Waals surface area contributed by atoms with Gasteiger partial charge in [0.2, 0.25) is 0 Å². The van der Waals surface area contributed by atoms with E-state index in [4.69, 9.17) is 10.6 Å². The van der Waals surface area contributed by atoms with Crippen molar-refractivity contribution < 1.29 is 9.63 Å². The van der Waals surface area contributed by atoms with E-state index in [1.807, 2.05) is 0 Å². The number of unbranched alkanes of at least 4 members (excludes halogenated alkanes) is 9. The van der Waals surface area contributed by atoms with Crippen LogP contribution in [0.15, 0.2) is 0 Å². The van der Waals surface area contributed by atoms with Crippen molar-refractivity contribution in [3.63, 3.8) is 0 Å². The second-order valence-corrected chi connectivity index (χ2v) is 4.50. The first-order chi connectivity index (χ1) is 8.27. The molecule has 4 heteroatoms. The molecular formula is C13H28N2O2. The van der Waals surface area contributed by atoms with E-state index in [1.165, 1.54) is 51.4 Å². The lowest BCUT2D eigenvalue weighted by atomic mass is 10.1. The molecule has 0 bridgehead atoms. The fourth-order valence-electron chi connectivity index (χ4n) is 1.78. The number of nitrogens with two attached hydrogens (primary N) is 1. The minimum atomic E-state index is -0.628. The molecule has 0 saturated heterocycles. The van der Waals surface area contributed by atoms with E-state index in [0.29, 0.717) is 6.61 Å². The first kappa shape index (κ1) is 16.2. The quantitative estimate of drug-likeness (QED) is 0.407. The molecule has 3 N–H and O–H groups in total. The third-order valence-electron chi connectivity index (χ3n) is 2.77. The van der Waals surface area contributed by atoms with E-state index < -0.39 is 6.03 Å².